The van der Waals surface area contributed by atoms with E-state index in [4.69, 9.17) is 0 Å². The number of hydrogen-bond acceptors (Lipinski definition) is 2. The fraction of sp³-hybridized carbons (Fsp3) is 1.00. The van der Waals surface area contributed by atoms with Crippen LogP contribution in [0.5, 0.6) is 0 Å². The van der Waals surface area contributed by atoms with Crippen LogP contribution >= 0.6 is 0 Å². The molecule has 0 spiro atoms. The molecule has 0 bridgehead atoms. The molecule has 19 heavy (non-hydrogen) atoms. The topological polar surface area (TPSA) is 15.3 Å². The highest BCUT2D eigenvalue weighted by atomic mass is 15.2. The SMILES string of the molecule is CCC1(CC)CCN(C(C)C(C)CNCC(C)C)C1. The second-order valence-corrected chi connectivity index (χ2v) is 7.20. The molecule has 1 rings (SSSR count). The predicted molar refractivity (Wildman–Crippen MR) is 85.5 cm³/mol. The molecule has 0 aromatic carbocycles. The van der Waals surface area contributed by atoms with Gasteiger partial charge < -0.3 is 5.32 Å². The van der Waals surface area contributed by atoms with Crippen LogP contribution in [0.3, 0.4) is 0 Å². The van der Waals surface area contributed by atoms with Gasteiger partial charge in [-0.2, -0.15) is 0 Å². The van der Waals surface area contributed by atoms with Crippen LogP contribution in [0.1, 0.15) is 60.8 Å². The highest BCUT2D eigenvalue weighted by Crippen LogP contribution is 2.38. The normalized spacial score (nSPS) is 22.9. The number of rotatable bonds is 8. The fourth-order valence-electron chi connectivity index (χ4n) is 3.27. The van der Waals surface area contributed by atoms with Gasteiger partial charge in [-0.3, -0.25) is 4.90 Å². The Labute approximate surface area is 121 Å². The van der Waals surface area contributed by atoms with Gasteiger partial charge in [0, 0.05) is 12.6 Å². The van der Waals surface area contributed by atoms with Crippen molar-refractivity contribution in [1.82, 2.24) is 10.2 Å². The van der Waals surface area contributed by atoms with Crippen LogP contribution in [-0.2, 0) is 0 Å². The van der Waals surface area contributed by atoms with Crippen molar-refractivity contribution in [3.63, 3.8) is 0 Å². The molecule has 0 radical (unpaired) electrons. The van der Waals surface area contributed by atoms with Crippen molar-refractivity contribution in [3.8, 4) is 0 Å². The highest BCUT2D eigenvalue weighted by Gasteiger charge is 2.37. The van der Waals surface area contributed by atoms with Crippen LogP contribution in [0.15, 0.2) is 0 Å². The third kappa shape index (κ3) is 4.75. The van der Waals surface area contributed by atoms with Crippen LogP contribution in [-0.4, -0.2) is 37.1 Å². The zero-order valence-electron chi connectivity index (χ0n) is 14.1. The molecule has 2 heteroatoms. The van der Waals surface area contributed by atoms with E-state index in [-0.39, 0.29) is 0 Å². The van der Waals surface area contributed by atoms with Crippen LogP contribution in [0.2, 0.25) is 0 Å². The Morgan fingerprint density at radius 2 is 1.68 bits per heavy atom. The van der Waals surface area contributed by atoms with Crippen molar-refractivity contribution >= 4 is 0 Å². The van der Waals surface area contributed by atoms with Gasteiger partial charge in [0.15, 0.2) is 0 Å². The Morgan fingerprint density at radius 1 is 1.05 bits per heavy atom. The molecule has 0 amide bonds. The largest absolute Gasteiger partial charge is 0.316 e. The molecule has 1 heterocycles. The molecule has 1 saturated heterocycles. The van der Waals surface area contributed by atoms with Crippen molar-refractivity contribution in [2.24, 2.45) is 17.3 Å². The maximum absolute atomic E-state index is 3.61. The Balaban J connectivity index is 2.39. The van der Waals surface area contributed by atoms with Gasteiger partial charge in [-0.1, -0.05) is 34.6 Å². The lowest BCUT2D eigenvalue weighted by Crippen LogP contribution is -2.41. The van der Waals surface area contributed by atoms with Crippen molar-refractivity contribution in [2.45, 2.75) is 66.8 Å². The third-order valence-electron chi connectivity index (χ3n) is 5.39. The molecule has 2 nitrogen and oxygen atoms in total. The number of hydrogen-bond donors (Lipinski definition) is 1. The Morgan fingerprint density at radius 3 is 2.16 bits per heavy atom. The molecular formula is C17H36N2. The summed E-state index contributed by atoms with van der Waals surface area (Å²) in [6.45, 7) is 19.0. The monoisotopic (exact) mass is 268 g/mol. The summed E-state index contributed by atoms with van der Waals surface area (Å²) in [4.78, 5) is 2.73. The van der Waals surface area contributed by atoms with E-state index in [0.29, 0.717) is 11.5 Å². The molecule has 2 atom stereocenters. The minimum absolute atomic E-state index is 0.610. The van der Waals surface area contributed by atoms with Gasteiger partial charge in [0.1, 0.15) is 0 Å². The summed E-state index contributed by atoms with van der Waals surface area (Å²) in [5, 5.41) is 3.61. The predicted octanol–water partition coefficient (Wildman–Crippen LogP) is 3.77. The zero-order valence-corrected chi connectivity index (χ0v) is 14.1. The molecule has 0 aliphatic carbocycles. The van der Waals surface area contributed by atoms with Crippen LogP contribution in [0, 0.1) is 17.3 Å². The Hall–Kier alpha value is -0.0800. The van der Waals surface area contributed by atoms with Crippen LogP contribution < -0.4 is 5.32 Å². The summed E-state index contributed by atoms with van der Waals surface area (Å²) in [5.41, 5.74) is 0.610. The van der Waals surface area contributed by atoms with E-state index in [2.05, 4.69) is 51.8 Å². The lowest BCUT2D eigenvalue weighted by Gasteiger charge is -2.32. The van der Waals surface area contributed by atoms with E-state index in [0.717, 1.165) is 24.9 Å². The molecule has 1 aliphatic heterocycles. The third-order valence-corrected chi connectivity index (χ3v) is 5.39. The smallest absolute Gasteiger partial charge is 0.0105 e. The van der Waals surface area contributed by atoms with Gasteiger partial charge in [0.05, 0.1) is 0 Å². The second kappa shape index (κ2) is 7.64. The second-order valence-electron chi connectivity index (χ2n) is 7.20. The van der Waals surface area contributed by atoms with Crippen molar-refractivity contribution in [2.75, 3.05) is 26.2 Å². The Kier molecular flexibility index (Phi) is 6.82. The molecule has 2 unspecified atom stereocenters. The van der Waals surface area contributed by atoms with Crippen molar-refractivity contribution < 1.29 is 0 Å². The average Bonchev–Trinajstić information content (AvgIpc) is 2.82. The molecule has 1 aliphatic rings. The average molecular weight is 268 g/mol. The van der Waals surface area contributed by atoms with Gasteiger partial charge >= 0.3 is 0 Å². The maximum atomic E-state index is 3.61. The van der Waals surface area contributed by atoms with E-state index < -0.39 is 0 Å². The molecular weight excluding hydrogens is 232 g/mol. The van der Waals surface area contributed by atoms with Crippen molar-refractivity contribution in [1.29, 1.82) is 0 Å². The lowest BCUT2D eigenvalue weighted by atomic mass is 9.82. The summed E-state index contributed by atoms with van der Waals surface area (Å²) < 4.78 is 0. The van der Waals surface area contributed by atoms with Crippen LogP contribution in [0.25, 0.3) is 0 Å². The minimum Gasteiger partial charge on any atom is -0.316 e. The van der Waals surface area contributed by atoms with E-state index >= 15 is 0 Å². The molecule has 1 fully saturated rings. The van der Waals surface area contributed by atoms with Crippen LogP contribution in [0.4, 0.5) is 0 Å². The Bertz CT molecular complexity index is 246. The quantitative estimate of drug-likeness (QED) is 0.721. The van der Waals surface area contributed by atoms with Crippen molar-refractivity contribution in [3.05, 3.63) is 0 Å². The number of likely N-dealkylation sites (tertiary alicyclic amines) is 1. The summed E-state index contributed by atoms with van der Waals surface area (Å²) in [6, 6.07) is 0.708. The first-order valence-corrected chi connectivity index (χ1v) is 8.39. The maximum Gasteiger partial charge on any atom is 0.0105 e. The van der Waals surface area contributed by atoms with E-state index in [1.165, 1.54) is 32.4 Å². The summed E-state index contributed by atoms with van der Waals surface area (Å²) in [7, 11) is 0. The first-order chi connectivity index (χ1) is 8.94. The van der Waals surface area contributed by atoms with E-state index in [1.54, 1.807) is 0 Å². The van der Waals surface area contributed by atoms with E-state index in [9.17, 15) is 0 Å². The van der Waals surface area contributed by atoms with Gasteiger partial charge in [-0.05, 0) is 63.1 Å². The van der Waals surface area contributed by atoms with Gasteiger partial charge in [0.25, 0.3) is 0 Å². The zero-order chi connectivity index (χ0) is 14.5. The molecule has 1 N–H and O–H groups in total. The number of nitrogens with zero attached hydrogens (tertiary/aromatic N) is 1. The number of nitrogens with one attached hydrogen (secondary N) is 1. The molecule has 114 valence electrons. The molecule has 0 saturated carbocycles. The minimum atomic E-state index is 0.610. The summed E-state index contributed by atoms with van der Waals surface area (Å²) in [5.74, 6) is 1.49. The first kappa shape index (κ1) is 17.0. The highest BCUT2D eigenvalue weighted by molar-refractivity contribution is 4.91. The van der Waals surface area contributed by atoms with Gasteiger partial charge in [-0.25, -0.2) is 0 Å². The summed E-state index contributed by atoms with van der Waals surface area (Å²) >= 11 is 0. The van der Waals surface area contributed by atoms with Gasteiger partial charge in [0.2, 0.25) is 0 Å². The first-order valence-electron chi connectivity index (χ1n) is 8.39. The molecule has 0 aromatic rings. The summed E-state index contributed by atoms with van der Waals surface area (Å²) in [6.07, 6.45) is 4.08. The van der Waals surface area contributed by atoms with E-state index in [1.807, 2.05) is 0 Å². The van der Waals surface area contributed by atoms with Gasteiger partial charge in [-0.15, -0.1) is 0 Å². The fourth-order valence-corrected chi connectivity index (χ4v) is 3.27. The lowest BCUT2D eigenvalue weighted by molar-refractivity contribution is 0.163. The molecule has 0 aromatic heterocycles. The standard InChI is InChI=1S/C17H36N2/c1-7-17(8-2)9-10-19(13-17)16(6)15(5)12-18-11-14(3)4/h14-16,18H,7-13H2,1-6H3.